The Morgan fingerprint density at radius 1 is 1.00 bits per heavy atom. The molecule has 7 nitrogen and oxygen atoms in total. The molecule has 4 rings (SSSR count). The van der Waals surface area contributed by atoms with Crippen LogP contribution in [0.5, 0.6) is 5.88 Å². The molecule has 0 saturated carbocycles. The van der Waals surface area contributed by atoms with E-state index in [1.165, 1.54) is 12.1 Å². The van der Waals surface area contributed by atoms with Gasteiger partial charge < -0.3 is 14.6 Å². The van der Waals surface area contributed by atoms with Crippen LogP contribution in [0.1, 0.15) is 49.6 Å². The Hall–Kier alpha value is -3.81. The summed E-state index contributed by atoms with van der Waals surface area (Å²) in [7, 11) is 1.59. The highest BCUT2D eigenvalue weighted by molar-refractivity contribution is 5.62. The molecule has 1 atom stereocenters. The van der Waals surface area contributed by atoms with E-state index in [9.17, 15) is 4.39 Å². The molecule has 170 valence electrons. The number of nitrogens with one attached hydrogen (secondary N) is 1. The molecule has 1 unspecified atom stereocenters. The number of nitrogens with zero attached hydrogens (tertiary/aromatic N) is 5. The minimum Gasteiger partial charge on any atom is -0.479 e. The SMILES string of the molecule is COc1nc(-c2cc(C(C)C)c(NC(C)c3ccc(F)cc3)nn2)ccc1-n1cnc(C)c1. The predicted octanol–water partition coefficient (Wildman–Crippen LogP) is 5.48. The van der Waals surface area contributed by atoms with Gasteiger partial charge in [0.2, 0.25) is 5.88 Å². The molecule has 4 aromatic rings. The van der Waals surface area contributed by atoms with Gasteiger partial charge in [0, 0.05) is 11.8 Å². The smallest absolute Gasteiger partial charge is 0.238 e. The fraction of sp³-hybridized carbons (Fsp3) is 0.280. The molecule has 0 saturated heterocycles. The van der Waals surface area contributed by atoms with Crippen molar-refractivity contribution in [2.45, 2.75) is 39.7 Å². The number of aryl methyl sites for hydroxylation is 1. The highest BCUT2D eigenvalue weighted by atomic mass is 19.1. The third-order valence-electron chi connectivity index (χ3n) is 5.45. The molecule has 33 heavy (non-hydrogen) atoms. The van der Waals surface area contributed by atoms with Crippen molar-refractivity contribution in [3.8, 4) is 23.0 Å². The van der Waals surface area contributed by atoms with Gasteiger partial charge in [-0.15, -0.1) is 10.2 Å². The van der Waals surface area contributed by atoms with E-state index in [0.29, 0.717) is 23.1 Å². The largest absolute Gasteiger partial charge is 0.479 e. The first-order chi connectivity index (χ1) is 15.9. The van der Waals surface area contributed by atoms with E-state index in [1.807, 2.05) is 42.8 Å². The summed E-state index contributed by atoms with van der Waals surface area (Å²) in [6, 6.07) is 12.2. The van der Waals surface area contributed by atoms with Crippen LogP contribution in [-0.2, 0) is 0 Å². The highest BCUT2D eigenvalue weighted by Crippen LogP contribution is 2.30. The molecule has 8 heteroatoms. The molecule has 0 spiro atoms. The Morgan fingerprint density at radius 2 is 1.76 bits per heavy atom. The van der Waals surface area contributed by atoms with E-state index < -0.39 is 0 Å². The second-order valence-electron chi connectivity index (χ2n) is 8.25. The summed E-state index contributed by atoms with van der Waals surface area (Å²) < 4.78 is 20.7. The van der Waals surface area contributed by atoms with E-state index >= 15 is 0 Å². The van der Waals surface area contributed by atoms with Gasteiger partial charge in [-0.2, -0.15) is 0 Å². The van der Waals surface area contributed by atoms with Gasteiger partial charge in [0.1, 0.15) is 17.2 Å². The number of halogens is 1. The molecule has 0 amide bonds. The molecule has 0 fully saturated rings. The standard InChI is InChI=1S/C25H27FN6O/c1-15(2)20-12-22(30-31-24(20)28-17(4)18-6-8-19(26)9-7-18)21-10-11-23(25(29-21)33-5)32-13-16(3)27-14-32/h6-15,17H,1-5H3,(H,28,31). The Bertz CT molecular complexity index is 1250. The van der Waals surface area contributed by atoms with Crippen molar-refractivity contribution in [1.29, 1.82) is 0 Å². The maximum Gasteiger partial charge on any atom is 0.238 e. The van der Waals surface area contributed by atoms with Crippen LogP contribution in [-0.4, -0.2) is 31.8 Å². The Kier molecular flexibility index (Phi) is 6.35. The first kappa shape index (κ1) is 22.4. The minimum absolute atomic E-state index is 0.0561. The lowest BCUT2D eigenvalue weighted by atomic mass is 10.0. The van der Waals surface area contributed by atoms with Crippen LogP contribution in [0.3, 0.4) is 0 Å². The quantitative estimate of drug-likeness (QED) is 0.405. The van der Waals surface area contributed by atoms with Crippen molar-refractivity contribution in [3.63, 3.8) is 0 Å². The number of methoxy groups -OCH3 is 1. The number of anilines is 1. The average Bonchev–Trinajstić information content (AvgIpc) is 3.25. The van der Waals surface area contributed by atoms with Crippen LogP contribution in [0.15, 0.2) is 55.0 Å². The van der Waals surface area contributed by atoms with Crippen molar-refractivity contribution in [2.24, 2.45) is 0 Å². The van der Waals surface area contributed by atoms with Gasteiger partial charge in [-0.05, 0) is 55.7 Å². The summed E-state index contributed by atoms with van der Waals surface area (Å²) in [5.74, 6) is 1.13. The number of pyridine rings is 1. The Balaban J connectivity index is 1.65. The normalized spacial score (nSPS) is 12.1. The van der Waals surface area contributed by atoms with Gasteiger partial charge >= 0.3 is 0 Å². The molecule has 0 aliphatic carbocycles. The van der Waals surface area contributed by atoms with Gasteiger partial charge in [-0.3, -0.25) is 0 Å². The number of rotatable bonds is 7. The van der Waals surface area contributed by atoms with Crippen molar-refractivity contribution in [2.75, 3.05) is 12.4 Å². The summed E-state index contributed by atoms with van der Waals surface area (Å²) in [4.78, 5) is 8.94. The maximum atomic E-state index is 13.3. The van der Waals surface area contributed by atoms with Gasteiger partial charge in [0.25, 0.3) is 0 Å². The molecule has 0 aliphatic rings. The molecular formula is C25H27FN6O. The first-order valence-corrected chi connectivity index (χ1v) is 10.8. The summed E-state index contributed by atoms with van der Waals surface area (Å²) in [5.41, 5.74) is 5.01. The lowest BCUT2D eigenvalue weighted by Gasteiger charge is -2.19. The first-order valence-electron chi connectivity index (χ1n) is 10.8. The van der Waals surface area contributed by atoms with E-state index in [2.05, 4.69) is 39.3 Å². The summed E-state index contributed by atoms with van der Waals surface area (Å²) in [6.45, 7) is 8.15. The molecule has 3 heterocycles. The van der Waals surface area contributed by atoms with Crippen LogP contribution >= 0.6 is 0 Å². The summed E-state index contributed by atoms with van der Waals surface area (Å²) in [6.07, 6.45) is 3.65. The molecule has 0 bridgehead atoms. The Morgan fingerprint density at radius 3 is 2.39 bits per heavy atom. The van der Waals surface area contributed by atoms with Crippen molar-refractivity contribution in [3.05, 3.63) is 77.6 Å². The van der Waals surface area contributed by atoms with E-state index in [4.69, 9.17) is 4.74 Å². The van der Waals surface area contributed by atoms with Gasteiger partial charge in [0.05, 0.1) is 30.9 Å². The molecular weight excluding hydrogens is 419 g/mol. The zero-order valence-corrected chi connectivity index (χ0v) is 19.4. The zero-order valence-electron chi connectivity index (χ0n) is 19.4. The monoisotopic (exact) mass is 446 g/mol. The molecule has 1 N–H and O–H groups in total. The molecule has 0 radical (unpaired) electrons. The number of hydrogen-bond acceptors (Lipinski definition) is 6. The second-order valence-corrected chi connectivity index (χ2v) is 8.25. The fourth-order valence-electron chi connectivity index (χ4n) is 3.60. The molecule has 3 aromatic heterocycles. The lowest BCUT2D eigenvalue weighted by Crippen LogP contribution is -2.12. The van der Waals surface area contributed by atoms with E-state index in [0.717, 1.165) is 22.5 Å². The van der Waals surface area contributed by atoms with E-state index in [-0.39, 0.29) is 17.8 Å². The lowest BCUT2D eigenvalue weighted by molar-refractivity contribution is 0.396. The fourth-order valence-corrected chi connectivity index (χ4v) is 3.60. The number of aromatic nitrogens is 5. The van der Waals surface area contributed by atoms with Crippen LogP contribution in [0, 0.1) is 12.7 Å². The topological polar surface area (TPSA) is 77.8 Å². The molecule has 0 aliphatic heterocycles. The van der Waals surface area contributed by atoms with Crippen LogP contribution < -0.4 is 10.1 Å². The number of benzene rings is 1. The van der Waals surface area contributed by atoms with Crippen molar-refractivity contribution < 1.29 is 9.13 Å². The van der Waals surface area contributed by atoms with Crippen LogP contribution in [0.4, 0.5) is 10.2 Å². The number of ether oxygens (including phenoxy) is 1. The van der Waals surface area contributed by atoms with E-state index in [1.54, 1.807) is 25.6 Å². The summed E-state index contributed by atoms with van der Waals surface area (Å²) >= 11 is 0. The van der Waals surface area contributed by atoms with Gasteiger partial charge in [-0.1, -0.05) is 26.0 Å². The Labute approximate surface area is 192 Å². The van der Waals surface area contributed by atoms with Crippen LogP contribution in [0.2, 0.25) is 0 Å². The zero-order chi connectivity index (χ0) is 23.5. The molecule has 1 aromatic carbocycles. The third kappa shape index (κ3) is 4.84. The van der Waals surface area contributed by atoms with Crippen molar-refractivity contribution >= 4 is 5.82 Å². The van der Waals surface area contributed by atoms with Crippen LogP contribution in [0.25, 0.3) is 17.1 Å². The number of imidazole rings is 1. The van der Waals surface area contributed by atoms with Crippen molar-refractivity contribution in [1.82, 2.24) is 24.7 Å². The minimum atomic E-state index is -0.255. The predicted molar refractivity (Wildman–Crippen MR) is 126 cm³/mol. The number of hydrogen-bond donors (Lipinski definition) is 1. The second kappa shape index (κ2) is 9.36. The summed E-state index contributed by atoms with van der Waals surface area (Å²) in [5, 5.41) is 12.3. The third-order valence-corrected chi connectivity index (χ3v) is 5.45. The average molecular weight is 447 g/mol. The highest BCUT2D eigenvalue weighted by Gasteiger charge is 2.17. The maximum absolute atomic E-state index is 13.3. The van der Waals surface area contributed by atoms with Gasteiger partial charge in [0.15, 0.2) is 5.82 Å². The van der Waals surface area contributed by atoms with Gasteiger partial charge in [-0.25, -0.2) is 14.4 Å².